The summed E-state index contributed by atoms with van der Waals surface area (Å²) >= 11 is 6.13. The molecule has 0 spiro atoms. The zero-order valence-electron chi connectivity index (χ0n) is 10.3. The van der Waals surface area contributed by atoms with Crippen molar-refractivity contribution in [3.8, 4) is 0 Å². The molecule has 1 fully saturated rings. The molecule has 4 nitrogen and oxygen atoms in total. The highest BCUT2D eigenvalue weighted by molar-refractivity contribution is 7.91. The Morgan fingerprint density at radius 1 is 1.50 bits per heavy atom. The summed E-state index contributed by atoms with van der Waals surface area (Å²) in [4.78, 5) is 2.11. The van der Waals surface area contributed by atoms with E-state index in [1.807, 2.05) is 19.1 Å². The second-order valence-corrected chi connectivity index (χ2v) is 7.38. The lowest BCUT2D eigenvalue weighted by atomic mass is 10.1. The van der Waals surface area contributed by atoms with Crippen LogP contribution in [0, 0.1) is 0 Å². The van der Waals surface area contributed by atoms with E-state index in [-0.39, 0.29) is 17.5 Å². The van der Waals surface area contributed by atoms with E-state index in [0.29, 0.717) is 23.8 Å². The van der Waals surface area contributed by atoms with E-state index in [4.69, 9.17) is 17.3 Å². The first kappa shape index (κ1) is 13.6. The van der Waals surface area contributed by atoms with Crippen LogP contribution in [-0.2, 0) is 16.4 Å². The van der Waals surface area contributed by atoms with Gasteiger partial charge in [0.15, 0.2) is 9.84 Å². The molecule has 6 heteroatoms. The zero-order chi connectivity index (χ0) is 13.3. The summed E-state index contributed by atoms with van der Waals surface area (Å²) in [6.45, 7) is 3.06. The SMILES string of the molecule is CC1CS(=O)(=O)CCN1Cc1c(N)cccc1Cl. The Morgan fingerprint density at radius 2 is 2.22 bits per heavy atom. The van der Waals surface area contributed by atoms with Gasteiger partial charge < -0.3 is 5.73 Å². The number of halogens is 1. The predicted octanol–water partition coefficient (Wildman–Crippen LogP) is 1.54. The minimum Gasteiger partial charge on any atom is -0.398 e. The summed E-state index contributed by atoms with van der Waals surface area (Å²) in [6, 6.07) is 5.43. The predicted molar refractivity (Wildman–Crippen MR) is 74.4 cm³/mol. The minimum absolute atomic E-state index is 0.000534. The molecule has 2 rings (SSSR count). The summed E-state index contributed by atoms with van der Waals surface area (Å²) in [5, 5.41) is 0.635. The number of sulfone groups is 1. The van der Waals surface area contributed by atoms with Gasteiger partial charge in [0, 0.05) is 35.4 Å². The Bertz CT molecular complexity index is 525. The van der Waals surface area contributed by atoms with Crippen molar-refractivity contribution >= 4 is 27.1 Å². The molecule has 18 heavy (non-hydrogen) atoms. The van der Waals surface area contributed by atoms with E-state index in [9.17, 15) is 8.42 Å². The number of nitrogens with zero attached hydrogens (tertiary/aromatic N) is 1. The fraction of sp³-hybridized carbons (Fsp3) is 0.500. The third-order valence-electron chi connectivity index (χ3n) is 3.32. The third kappa shape index (κ3) is 2.96. The van der Waals surface area contributed by atoms with E-state index >= 15 is 0 Å². The zero-order valence-corrected chi connectivity index (χ0v) is 11.8. The molecule has 1 unspecified atom stereocenters. The molecule has 1 heterocycles. The van der Waals surface area contributed by atoms with Crippen molar-refractivity contribution < 1.29 is 8.42 Å². The first-order valence-corrected chi connectivity index (χ1v) is 8.06. The van der Waals surface area contributed by atoms with E-state index in [2.05, 4.69) is 4.90 Å². The quantitative estimate of drug-likeness (QED) is 0.839. The van der Waals surface area contributed by atoms with Crippen LogP contribution in [0.2, 0.25) is 5.02 Å². The summed E-state index contributed by atoms with van der Waals surface area (Å²) in [7, 11) is -2.88. The standard InChI is InChI=1S/C12H17ClN2O2S/c1-9-8-18(16,17)6-5-15(9)7-10-11(13)3-2-4-12(10)14/h2-4,9H,5-8,14H2,1H3. The van der Waals surface area contributed by atoms with Crippen LogP contribution in [0.15, 0.2) is 18.2 Å². The molecule has 1 saturated heterocycles. The number of anilines is 1. The Kier molecular flexibility index (Phi) is 3.84. The van der Waals surface area contributed by atoms with Crippen molar-refractivity contribution in [2.75, 3.05) is 23.8 Å². The van der Waals surface area contributed by atoms with E-state index in [1.54, 1.807) is 6.07 Å². The molecule has 1 aromatic carbocycles. The maximum absolute atomic E-state index is 11.5. The van der Waals surface area contributed by atoms with Crippen molar-refractivity contribution in [2.45, 2.75) is 19.5 Å². The average Bonchev–Trinajstić information content (AvgIpc) is 2.25. The van der Waals surface area contributed by atoms with Gasteiger partial charge in [-0.15, -0.1) is 0 Å². The molecule has 1 aliphatic rings. The molecule has 1 atom stereocenters. The minimum atomic E-state index is -2.88. The number of hydrogen-bond acceptors (Lipinski definition) is 4. The molecule has 0 radical (unpaired) electrons. The third-order valence-corrected chi connectivity index (χ3v) is 5.47. The van der Waals surface area contributed by atoms with Crippen LogP contribution in [0.4, 0.5) is 5.69 Å². The maximum atomic E-state index is 11.5. The van der Waals surface area contributed by atoms with Gasteiger partial charge in [0.2, 0.25) is 0 Å². The average molecular weight is 289 g/mol. The normalized spacial score (nSPS) is 24.0. The number of nitrogen functional groups attached to an aromatic ring is 1. The molecule has 1 aromatic rings. The maximum Gasteiger partial charge on any atom is 0.153 e. The summed E-state index contributed by atoms with van der Waals surface area (Å²) in [5.74, 6) is 0.416. The van der Waals surface area contributed by atoms with E-state index < -0.39 is 9.84 Å². The molecule has 0 amide bonds. The van der Waals surface area contributed by atoms with Gasteiger partial charge in [0.05, 0.1) is 11.5 Å². The lowest BCUT2D eigenvalue weighted by Gasteiger charge is -2.33. The number of hydrogen-bond donors (Lipinski definition) is 1. The van der Waals surface area contributed by atoms with Gasteiger partial charge in [-0.1, -0.05) is 17.7 Å². The van der Waals surface area contributed by atoms with Gasteiger partial charge in [-0.2, -0.15) is 0 Å². The first-order chi connectivity index (χ1) is 8.39. The van der Waals surface area contributed by atoms with Crippen molar-refractivity contribution in [2.24, 2.45) is 0 Å². The first-order valence-electron chi connectivity index (χ1n) is 5.86. The molecule has 100 valence electrons. The molecular weight excluding hydrogens is 272 g/mol. The van der Waals surface area contributed by atoms with Crippen LogP contribution in [-0.4, -0.2) is 37.4 Å². The van der Waals surface area contributed by atoms with E-state index in [1.165, 1.54) is 0 Å². The van der Waals surface area contributed by atoms with Crippen LogP contribution in [0.25, 0.3) is 0 Å². The van der Waals surface area contributed by atoms with Crippen LogP contribution in [0.5, 0.6) is 0 Å². The van der Waals surface area contributed by atoms with Crippen LogP contribution < -0.4 is 5.73 Å². The molecule has 0 saturated carbocycles. The fourth-order valence-corrected chi connectivity index (χ4v) is 4.08. The number of benzene rings is 1. The fourth-order valence-electron chi connectivity index (χ4n) is 2.21. The van der Waals surface area contributed by atoms with Crippen molar-refractivity contribution in [3.63, 3.8) is 0 Å². The smallest absolute Gasteiger partial charge is 0.153 e. The highest BCUT2D eigenvalue weighted by Crippen LogP contribution is 2.25. The Morgan fingerprint density at radius 3 is 2.83 bits per heavy atom. The van der Waals surface area contributed by atoms with Crippen molar-refractivity contribution in [3.05, 3.63) is 28.8 Å². The monoisotopic (exact) mass is 288 g/mol. The van der Waals surface area contributed by atoms with Gasteiger partial charge in [-0.25, -0.2) is 8.42 Å². The van der Waals surface area contributed by atoms with Crippen LogP contribution >= 0.6 is 11.6 Å². The largest absolute Gasteiger partial charge is 0.398 e. The lowest BCUT2D eigenvalue weighted by Crippen LogP contribution is -2.46. The summed E-state index contributed by atoms with van der Waals surface area (Å²) in [5.41, 5.74) is 7.44. The van der Waals surface area contributed by atoms with Gasteiger partial charge in [0.1, 0.15) is 0 Å². The Hall–Kier alpha value is -0.780. The highest BCUT2D eigenvalue weighted by atomic mass is 35.5. The molecule has 0 aromatic heterocycles. The number of rotatable bonds is 2. The van der Waals surface area contributed by atoms with Crippen LogP contribution in [0.3, 0.4) is 0 Å². The van der Waals surface area contributed by atoms with Gasteiger partial charge in [0.25, 0.3) is 0 Å². The van der Waals surface area contributed by atoms with Crippen molar-refractivity contribution in [1.29, 1.82) is 0 Å². The van der Waals surface area contributed by atoms with Crippen LogP contribution in [0.1, 0.15) is 12.5 Å². The lowest BCUT2D eigenvalue weighted by molar-refractivity contribution is 0.218. The van der Waals surface area contributed by atoms with Gasteiger partial charge >= 0.3 is 0 Å². The van der Waals surface area contributed by atoms with Gasteiger partial charge in [-0.05, 0) is 19.1 Å². The second-order valence-electron chi connectivity index (χ2n) is 4.74. The molecule has 0 bridgehead atoms. The molecule has 2 N–H and O–H groups in total. The molecule has 1 aliphatic heterocycles. The second kappa shape index (κ2) is 5.07. The topological polar surface area (TPSA) is 63.4 Å². The van der Waals surface area contributed by atoms with E-state index in [0.717, 1.165) is 5.56 Å². The molecule has 0 aliphatic carbocycles. The Labute approximate surface area is 113 Å². The highest BCUT2D eigenvalue weighted by Gasteiger charge is 2.28. The number of nitrogens with two attached hydrogens (primary N) is 1. The van der Waals surface area contributed by atoms with Crippen molar-refractivity contribution in [1.82, 2.24) is 4.90 Å². The molecular formula is C12H17ClN2O2S. The van der Waals surface area contributed by atoms with Gasteiger partial charge in [-0.3, -0.25) is 4.90 Å². The summed E-state index contributed by atoms with van der Waals surface area (Å²) < 4.78 is 23.0. The summed E-state index contributed by atoms with van der Waals surface area (Å²) in [6.07, 6.45) is 0. The Balaban J connectivity index is 2.15.